The number of aromatic nitrogens is 2. The van der Waals surface area contributed by atoms with Crippen LogP contribution in [0.3, 0.4) is 0 Å². The molecule has 1 amide bonds. The van der Waals surface area contributed by atoms with Gasteiger partial charge < -0.3 is 14.7 Å². The quantitative estimate of drug-likeness (QED) is 0.752. The normalized spacial score (nSPS) is 14.2. The molecule has 1 saturated heterocycles. The lowest BCUT2D eigenvalue weighted by atomic mass is 10.1. The fourth-order valence-electron chi connectivity index (χ4n) is 3.21. The van der Waals surface area contributed by atoms with Gasteiger partial charge in [-0.15, -0.1) is 0 Å². The average molecular weight is 366 g/mol. The van der Waals surface area contributed by atoms with E-state index in [1.54, 1.807) is 30.5 Å². The topological polar surface area (TPSA) is 71.3 Å². The smallest absolute Gasteiger partial charge is 0.277 e. The summed E-state index contributed by atoms with van der Waals surface area (Å²) in [4.78, 5) is 19.2. The molecule has 1 fully saturated rings. The number of benzene rings is 1. The lowest BCUT2D eigenvalue weighted by molar-refractivity contribution is 0.101. The minimum atomic E-state index is -0.430. The molecule has 27 heavy (non-hydrogen) atoms. The number of pyridine rings is 1. The molecule has 0 unspecified atom stereocenters. The van der Waals surface area contributed by atoms with Crippen molar-refractivity contribution in [3.63, 3.8) is 0 Å². The summed E-state index contributed by atoms with van der Waals surface area (Å²) in [6, 6.07) is 11.2. The Kier molecular flexibility index (Phi) is 4.82. The monoisotopic (exact) mass is 366 g/mol. The highest BCUT2D eigenvalue weighted by Crippen LogP contribution is 2.27. The fraction of sp³-hybridized carbons (Fsp3) is 0.250. The van der Waals surface area contributed by atoms with Crippen LogP contribution in [-0.2, 0) is 0 Å². The van der Waals surface area contributed by atoms with Gasteiger partial charge in [-0.1, -0.05) is 17.3 Å². The van der Waals surface area contributed by atoms with Crippen molar-refractivity contribution >= 4 is 17.4 Å². The molecule has 0 atom stereocenters. The van der Waals surface area contributed by atoms with Crippen LogP contribution in [0.5, 0.6) is 0 Å². The Hall–Kier alpha value is -3.22. The van der Waals surface area contributed by atoms with Crippen LogP contribution < -0.4 is 10.2 Å². The van der Waals surface area contributed by atoms with Gasteiger partial charge in [0, 0.05) is 25.4 Å². The van der Waals surface area contributed by atoms with E-state index in [9.17, 15) is 9.18 Å². The SMILES string of the molecule is O=C(Nc1cccnc1N1CCCCC1)c1cc(-c2ccccc2F)on1. The largest absolute Gasteiger partial charge is 0.355 e. The van der Waals surface area contributed by atoms with Gasteiger partial charge in [-0.3, -0.25) is 4.79 Å². The number of nitrogens with one attached hydrogen (secondary N) is 1. The highest BCUT2D eigenvalue weighted by molar-refractivity contribution is 6.04. The first-order chi connectivity index (χ1) is 13.2. The van der Waals surface area contributed by atoms with Crippen LogP contribution in [0.25, 0.3) is 11.3 Å². The van der Waals surface area contributed by atoms with Crippen molar-refractivity contribution in [3.05, 3.63) is 60.2 Å². The number of carbonyl (C=O) groups excluding carboxylic acids is 1. The third-order valence-electron chi connectivity index (χ3n) is 4.57. The number of amides is 1. The summed E-state index contributed by atoms with van der Waals surface area (Å²) in [6.45, 7) is 1.84. The second-order valence-corrected chi connectivity index (χ2v) is 6.43. The maximum Gasteiger partial charge on any atom is 0.277 e. The highest BCUT2D eigenvalue weighted by atomic mass is 19.1. The molecular formula is C20H19FN4O2. The van der Waals surface area contributed by atoms with Gasteiger partial charge in [0.15, 0.2) is 17.3 Å². The molecule has 0 aliphatic carbocycles. The van der Waals surface area contributed by atoms with Crippen molar-refractivity contribution < 1.29 is 13.7 Å². The van der Waals surface area contributed by atoms with Crippen LogP contribution in [0, 0.1) is 5.82 Å². The number of rotatable bonds is 4. The van der Waals surface area contributed by atoms with E-state index < -0.39 is 11.7 Å². The van der Waals surface area contributed by atoms with E-state index in [2.05, 4.69) is 20.4 Å². The minimum Gasteiger partial charge on any atom is -0.355 e. The summed E-state index contributed by atoms with van der Waals surface area (Å²) < 4.78 is 19.0. The Labute approximate surface area is 156 Å². The summed E-state index contributed by atoms with van der Waals surface area (Å²) in [5, 5.41) is 6.63. The molecule has 0 bridgehead atoms. The number of halogens is 1. The molecule has 1 aromatic carbocycles. The standard InChI is InChI=1S/C20H19FN4O2/c21-15-8-3-2-7-14(15)18-13-17(24-27-18)20(26)23-16-9-6-10-22-19(16)25-11-4-1-5-12-25/h2-3,6-10,13H,1,4-5,11-12H2,(H,23,26). The lowest BCUT2D eigenvalue weighted by Gasteiger charge is -2.29. The predicted molar refractivity (Wildman–Crippen MR) is 100 cm³/mol. The molecule has 7 heteroatoms. The number of carbonyl (C=O) groups is 1. The first kappa shape index (κ1) is 17.2. The van der Waals surface area contributed by atoms with E-state index in [1.807, 2.05) is 6.07 Å². The fourth-order valence-corrected chi connectivity index (χ4v) is 3.21. The predicted octanol–water partition coefficient (Wildman–Crippen LogP) is 4.12. The second kappa shape index (κ2) is 7.57. The molecule has 2 aromatic heterocycles. The first-order valence-electron chi connectivity index (χ1n) is 8.95. The molecule has 1 aliphatic heterocycles. The first-order valence-corrected chi connectivity index (χ1v) is 8.95. The van der Waals surface area contributed by atoms with E-state index in [0.29, 0.717) is 5.69 Å². The van der Waals surface area contributed by atoms with E-state index in [-0.39, 0.29) is 17.0 Å². The van der Waals surface area contributed by atoms with Crippen molar-refractivity contribution in [2.24, 2.45) is 0 Å². The second-order valence-electron chi connectivity index (χ2n) is 6.43. The Morgan fingerprint density at radius 3 is 2.74 bits per heavy atom. The third kappa shape index (κ3) is 3.67. The molecule has 1 aliphatic rings. The van der Waals surface area contributed by atoms with Gasteiger partial charge in [-0.25, -0.2) is 9.37 Å². The van der Waals surface area contributed by atoms with E-state index in [0.717, 1.165) is 31.7 Å². The van der Waals surface area contributed by atoms with Crippen molar-refractivity contribution in [1.29, 1.82) is 0 Å². The van der Waals surface area contributed by atoms with E-state index in [4.69, 9.17) is 4.52 Å². The summed E-state index contributed by atoms with van der Waals surface area (Å²) in [5.41, 5.74) is 0.973. The third-order valence-corrected chi connectivity index (χ3v) is 4.57. The number of hydrogen-bond acceptors (Lipinski definition) is 5. The number of nitrogens with zero attached hydrogens (tertiary/aromatic N) is 3. The zero-order chi connectivity index (χ0) is 18.6. The van der Waals surface area contributed by atoms with Crippen LogP contribution in [0.15, 0.2) is 53.2 Å². The summed E-state index contributed by atoms with van der Waals surface area (Å²) in [7, 11) is 0. The zero-order valence-electron chi connectivity index (χ0n) is 14.7. The van der Waals surface area contributed by atoms with Crippen LogP contribution in [-0.4, -0.2) is 29.1 Å². The van der Waals surface area contributed by atoms with Gasteiger partial charge >= 0.3 is 0 Å². The Balaban J connectivity index is 1.54. The van der Waals surface area contributed by atoms with Crippen molar-refractivity contribution in [1.82, 2.24) is 10.1 Å². The van der Waals surface area contributed by atoms with Crippen LogP contribution in [0.4, 0.5) is 15.9 Å². The van der Waals surface area contributed by atoms with Gasteiger partial charge in [0.1, 0.15) is 5.82 Å². The van der Waals surface area contributed by atoms with Gasteiger partial charge in [-0.2, -0.15) is 0 Å². The summed E-state index contributed by atoms with van der Waals surface area (Å²) >= 11 is 0. The molecule has 3 heterocycles. The average Bonchev–Trinajstić information content (AvgIpc) is 3.19. The molecule has 4 rings (SSSR count). The number of piperidine rings is 1. The van der Waals surface area contributed by atoms with Crippen LogP contribution in [0.2, 0.25) is 0 Å². The van der Waals surface area contributed by atoms with Crippen LogP contribution in [0.1, 0.15) is 29.8 Å². The van der Waals surface area contributed by atoms with Gasteiger partial charge in [0.2, 0.25) is 0 Å². The molecule has 138 valence electrons. The molecule has 0 saturated carbocycles. The Morgan fingerprint density at radius 2 is 1.93 bits per heavy atom. The van der Waals surface area contributed by atoms with Crippen LogP contribution >= 0.6 is 0 Å². The number of anilines is 2. The molecule has 3 aromatic rings. The maximum absolute atomic E-state index is 13.9. The molecule has 1 N–H and O–H groups in total. The van der Waals surface area contributed by atoms with Gasteiger partial charge in [0.25, 0.3) is 5.91 Å². The minimum absolute atomic E-state index is 0.0849. The zero-order valence-corrected chi connectivity index (χ0v) is 14.7. The molecule has 6 nitrogen and oxygen atoms in total. The molecule has 0 spiro atoms. The maximum atomic E-state index is 13.9. The van der Waals surface area contributed by atoms with Gasteiger partial charge in [0.05, 0.1) is 11.3 Å². The lowest BCUT2D eigenvalue weighted by Crippen LogP contribution is -2.31. The summed E-state index contributed by atoms with van der Waals surface area (Å²) in [6.07, 6.45) is 5.15. The van der Waals surface area contributed by atoms with Crippen molar-refractivity contribution in [3.8, 4) is 11.3 Å². The van der Waals surface area contributed by atoms with Crippen molar-refractivity contribution in [2.75, 3.05) is 23.3 Å². The Morgan fingerprint density at radius 1 is 1.11 bits per heavy atom. The Bertz CT molecular complexity index is 950. The van der Waals surface area contributed by atoms with Crippen molar-refractivity contribution in [2.45, 2.75) is 19.3 Å². The summed E-state index contributed by atoms with van der Waals surface area (Å²) in [5.74, 6) is 0.108. The van der Waals surface area contributed by atoms with E-state index in [1.165, 1.54) is 18.6 Å². The highest BCUT2D eigenvalue weighted by Gasteiger charge is 2.20. The van der Waals surface area contributed by atoms with E-state index >= 15 is 0 Å². The molecular weight excluding hydrogens is 347 g/mol. The number of hydrogen-bond donors (Lipinski definition) is 1. The molecule has 0 radical (unpaired) electrons. The van der Waals surface area contributed by atoms with Gasteiger partial charge in [-0.05, 0) is 43.5 Å².